The van der Waals surface area contributed by atoms with Crippen molar-refractivity contribution in [3.8, 4) is 5.88 Å². The van der Waals surface area contributed by atoms with E-state index in [-0.39, 0.29) is 24.9 Å². The van der Waals surface area contributed by atoms with Crippen molar-refractivity contribution in [2.45, 2.75) is 52.3 Å². The topological polar surface area (TPSA) is 65.4 Å². The molecule has 0 aromatic carbocycles. The third-order valence-corrected chi connectivity index (χ3v) is 2.91. The predicted molar refractivity (Wildman–Crippen MR) is 70.6 cm³/mol. The van der Waals surface area contributed by atoms with Gasteiger partial charge in [0.05, 0.1) is 12.6 Å². The number of alkyl carbamates (subject to hydrolysis) is 1. The minimum absolute atomic E-state index is 0.189. The van der Waals surface area contributed by atoms with Gasteiger partial charge in [0.25, 0.3) is 6.43 Å². The lowest BCUT2D eigenvalue weighted by Crippen LogP contribution is -2.46. The molecule has 1 amide bonds. The number of hydrogen-bond donors (Lipinski definition) is 1. The van der Waals surface area contributed by atoms with Crippen LogP contribution in [0.4, 0.5) is 13.6 Å². The second-order valence-electron chi connectivity index (χ2n) is 5.95. The molecular weight excluding hydrogens is 284 g/mol. The van der Waals surface area contributed by atoms with Gasteiger partial charge in [0, 0.05) is 5.56 Å². The zero-order valence-corrected chi connectivity index (χ0v) is 12.4. The largest absolute Gasteiger partial charge is 0.475 e. The van der Waals surface area contributed by atoms with Crippen LogP contribution < -0.4 is 10.1 Å². The fourth-order valence-corrected chi connectivity index (χ4v) is 2.07. The molecule has 2 rings (SSSR count). The van der Waals surface area contributed by atoms with Gasteiger partial charge in [0.15, 0.2) is 0 Å². The van der Waals surface area contributed by atoms with E-state index >= 15 is 0 Å². The van der Waals surface area contributed by atoms with Gasteiger partial charge in [0.1, 0.15) is 17.9 Å². The van der Waals surface area contributed by atoms with Crippen LogP contribution in [-0.4, -0.2) is 34.1 Å². The van der Waals surface area contributed by atoms with E-state index in [9.17, 15) is 13.6 Å². The standard InChI is InChI=1S/C13H19F2N3O3/c1-7-9(10(14)15)17-18-5-8(6-20-11(7)18)16-12(19)21-13(2,3)4/h8,10H,5-6H2,1-4H3,(H,16,19). The molecule has 118 valence electrons. The van der Waals surface area contributed by atoms with Gasteiger partial charge in [-0.2, -0.15) is 5.10 Å². The van der Waals surface area contributed by atoms with Crippen LogP contribution in [0.3, 0.4) is 0 Å². The summed E-state index contributed by atoms with van der Waals surface area (Å²) in [5, 5.41) is 6.47. The van der Waals surface area contributed by atoms with E-state index in [4.69, 9.17) is 9.47 Å². The second kappa shape index (κ2) is 5.50. The van der Waals surface area contributed by atoms with Crippen LogP contribution in [0.2, 0.25) is 0 Å². The Morgan fingerprint density at radius 2 is 2.19 bits per heavy atom. The number of aromatic nitrogens is 2. The summed E-state index contributed by atoms with van der Waals surface area (Å²) in [6.45, 7) is 7.27. The van der Waals surface area contributed by atoms with Crippen molar-refractivity contribution in [3.05, 3.63) is 11.3 Å². The number of amides is 1. The van der Waals surface area contributed by atoms with E-state index in [2.05, 4.69) is 10.4 Å². The third kappa shape index (κ3) is 3.62. The lowest BCUT2D eigenvalue weighted by atomic mass is 10.2. The Hall–Kier alpha value is -1.86. The quantitative estimate of drug-likeness (QED) is 0.911. The molecule has 1 aromatic heterocycles. The van der Waals surface area contributed by atoms with Gasteiger partial charge < -0.3 is 14.8 Å². The Morgan fingerprint density at radius 3 is 2.76 bits per heavy atom. The fourth-order valence-electron chi connectivity index (χ4n) is 2.07. The summed E-state index contributed by atoms with van der Waals surface area (Å²) in [5.74, 6) is 0.326. The van der Waals surface area contributed by atoms with Crippen molar-refractivity contribution in [1.29, 1.82) is 0 Å². The van der Waals surface area contributed by atoms with Gasteiger partial charge in [0.2, 0.25) is 5.88 Å². The number of carbonyl (C=O) groups excluding carboxylic acids is 1. The first-order chi connectivity index (χ1) is 9.67. The molecule has 0 saturated carbocycles. The lowest BCUT2D eigenvalue weighted by Gasteiger charge is -2.27. The van der Waals surface area contributed by atoms with E-state index in [1.165, 1.54) is 4.68 Å². The van der Waals surface area contributed by atoms with Crippen LogP contribution in [-0.2, 0) is 11.3 Å². The zero-order chi connectivity index (χ0) is 15.8. The molecule has 21 heavy (non-hydrogen) atoms. The Balaban J connectivity index is 2.03. The van der Waals surface area contributed by atoms with E-state index in [0.29, 0.717) is 11.4 Å². The summed E-state index contributed by atoms with van der Waals surface area (Å²) in [6.07, 6.45) is -3.22. The van der Waals surface area contributed by atoms with Crippen LogP contribution in [0.1, 0.15) is 38.5 Å². The first-order valence-corrected chi connectivity index (χ1v) is 6.65. The Labute approximate surface area is 121 Å². The van der Waals surface area contributed by atoms with Crippen molar-refractivity contribution in [3.63, 3.8) is 0 Å². The van der Waals surface area contributed by atoms with Crippen molar-refractivity contribution in [1.82, 2.24) is 15.1 Å². The van der Waals surface area contributed by atoms with Crippen molar-refractivity contribution in [2.24, 2.45) is 0 Å². The molecule has 1 aliphatic heterocycles. The molecule has 1 unspecified atom stereocenters. The Kier molecular flexibility index (Phi) is 4.06. The van der Waals surface area contributed by atoms with Gasteiger partial charge >= 0.3 is 6.09 Å². The Morgan fingerprint density at radius 1 is 1.52 bits per heavy atom. The number of fused-ring (bicyclic) bond motifs is 1. The van der Waals surface area contributed by atoms with Crippen molar-refractivity contribution < 1.29 is 23.0 Å². The minimum Gasteiger partial charge on any atom is -0.475 e. The highest BCUT2D eigenvalue weighted by Crippen LogP contribution is 2.30. The normalized spacial score (nSPS) is 18.1. The maximum Gasteiger partial charge on any atom is 0.408 e. The van der Waals surface area contributed by atoms with Gasteiger partial charge in [-0.15, -0.1) is 0 Å². The highest BCUT2D eigenvalue weighted by Gasteiger charge is 2.29. The third-order valence-electron chi connectivity index (χ3n) is 2.91. The van der Waals surface area contributed by atoms with E-state index in [1.54, 1.807) is 27.7 Å². The number of alkyl halides is 2. The maximum absolute atomic E-state index is 12.8. The molecule has 1 N–H and O–H groups in total. The van der Waals surface area contributed by atoms with Crippen molar-refractivity contribution in [2.75, 3.05) is 6.61 Å². The second-order valence-corrected chi connectivity index (χ2v) is 5.95. The van der Waals surface area contributed by atoms with Gasteiger partial charge in [-0.3, -0.25) is 0 Å². The van der Waals surface area contributed by atoms with E-state index in [1.807, 2.05) is 0 Å². The lowest BCUT2D eigenvalue weighted by molar-refractivity contribution is 0.0460. The monoisotopic (exact) mass is 303 g/mol. The molecule has 0 bridgehead atoms. The highest BCUT2D eigenvalue weighted by molar-refractivity contribution is 5.68. The Bertz CT molecular complexity index is 537. The number of nitrogens with zero attached hydrogens (tertiary/aromatic N) is 2. The van der Waals surface area contributed by atoms with Gasteiger partial charge in [-0.05, 0) is 27.7 Å². The number of rotatable bonds is 2. The number of carbonyl (C=O) groups is 1. The summed E-state index contributed by atoms with van der Waals surface area (Å²) in [5.41, 5.74) is -0.556. The van der Waals surface area contributed by atoms with Crippen LogP contribution in [0.5, 0.6) is 5.88 Å². The number of halogens is 2. The average molecular weight is 303 g/mol. The zero-order valence-electron chi connectivity index (χ0n) is 12.4. The summed E-state index contributed by atoms with van der Waals surface area (Å²) in [4.78, 5) is 11.7. The molecule has 0 radical (unpaired) electrons. The molecular formula is C13H19F2N3O3. The van der Waals surface area contributed by atoms with Crippen LogP contribution in [0, 0.1) is 6.92 Å². The molecule has 0 spiro atoms. The number of hydrogen-bond acceptors (Lipinski definition) is 4. The molecule has 0 fully saturated rings. The summed E-state index contributed by atoms with van der Waals surface area (Å²) >= 11 is 0. The smallest absolute Gasteiger partial charge is 0.408 e. The SMILES string of the molecule is Cc1c(C(F)F)nn2c1OCC(NC(=O)OC(C)(C)C)C2. The maximum atomic E-state index is 12.8. The van der Waals surface area contributed by atoms with E-state index in [0.717, 1.165) is 0 Å². The first-order valence-electron chi connectivity index (χ1n) is 6.65. The number of nitrogens with one attached hydrogen (secondary N) is 1. The van der Waals surface area contributed by atoms with Crippen LogP contribution in [0.15, 0.2) is 0 Å². The number of ether oxygens (including phenoxy) is 2. The summed E-state index contributed by atoms with van der Waals surface area (Å²) < 4.78 is 37.5. The minimum atomic E-state index is -2.65. The van der Waals surface area contributed by atoms with Crippen LogP contribution in [0.25, 0.3) is 0 Å². The molecule has 8 heteroatoms. The van der Waals surface area contributed by atoms with E-state index < -0.39 is 18.1 Å². The average Bonchev–Trinajstić information content (AvgIpc) is 2.64. The van der Waals surface area contributed by atoms with Crippen LogP contribution >= 0.6 is 0 Å². The molecule has 1 aliphatic rings. The fraction of sp³-hybridized carbons (Fsp3) is 0.692. The molecule has 2 heterocycles. The highest BCUT2D eigenvalue weighted by atomic mass is 19.3. The molecule has 0 aliphatic carbocycles. The molecule has 6 nitrogen and oxygen atoms in total. The van der Waals surface area contributed by atoms with Gasteiger partial charge in [-0.25, -0.2) is 18.3 Å². The summed E-state index contributed by atoms with van der Waals surface area (Å²) in [7, 11) is 0. The van der Waals surface area contributed by atoms with Gasteiger partial charge in [-0.1, -0.05) is 0 Å². The predicted octanol–water partition coefficient (Wildman–Crippen LogP) is 2.41. The molecule has 1 aromatic rings. The molecule has 1 atom stereocenters. The first kappa shape index (κ1) is 15.5. The molecule has 0 saturated heterocycles. The van der Waals surface area contributed by atoms with Crippen molar-refractivity contribution >= 4 is 6.09 Å². The summed E-state index contributed by atoms with van der Waals surface area (Å²) in [6, 6.07) is -0.378.